The molecule has 0 fully saturated rings. The van der Waals surface area contributed by atoms with Crippen LogP contribution in [0.15, 0.2) is 30.5 Å². The molecule has 20 heavy (non-hydrogen) atoms. The van der Waals surface area contributed by atoms with E-state index in [1.165, 1.54) is 0 Å². The van der Waals surface area contributed by atoms with E-state index >= 15 is 0 Å². The van der Waals surface area contributed by atoms with Crippen LogP contribution in [0.4, 0.5) is 0 Å². The van der Waals surface area contributed by atoms with E-state index in [1.54, 1.807) is 6.20 Å². The summed E-state index contributed by atoms with van der Waals surface area (Å²) < 4.78 is 0. The summed E-state index contributed by atoms with van der Waals surface area (Å²) in [4.78, 5) is 8.81. The van der Waals surface area contributed by atoms with E-state index in [9.17, 15) is 0 Å². The molecule has 2 rings (SSSR count). The second-order valence-corrected chi connectivity index (χ2v) is 5.53. The summed E-state index contributed by atoms with van der Waals surface area (Å²) >= 11 is 12.3. The van der Waals surface area contributed by atoms with Gasteiger partial charge in [0, 0.05) is 40.8 Å². The molecule has 0 aliphatic heterocycles. The summed E-state index contributed by atoms with van der Waals surface area (Å²) in [5, 5.41) is 1.27. The van der Waals surface area contributed by atoms with E-state index < -0.39 is 0 Å². The number of nitrogens with two attached hydrogens (primary N) is 1. The maximum atomic E-state index is 6.17. The van der Waals surface area contributed by atoms with Gasteiger partial charge in [0.15, 0.2) is 0 Å². The van der Waals surface area contributed by atoms with Gasteiger partial charge in [-0.05, 0) is 30.2 Å². The third-order valence-corrected chi connectivity index (χ3v) is 3.86. The first-order valence-corrected chi connectivity index (χ1v) is 7.35. The van der Waals surface area contributed by atoms with Crippen molar-refractivity contribution in [3.8, 4) is 0 Å². The number of aromatic nitrogens is 2. The molecule has 2 aromatic rings. The zero-order valence-electron chi connectivity index (χ0n) is 11.3. The minimum absolute atomic E-state index is 0.127. The number of hydrogen-bond donors (Lipinski definition) is 1. The Morgan fingerprint density at radius 1 is 1.20 bits per heavy atom. The van der Waals surface area contributed by atoms with E-state index in [4.69, 9.17) is 28.9 Å². The van der Waals surface area contributed by atoms with Gasteiger partial charge < -0.3 is 5.73 Å². The molecule has 1 atom stereocenters. The lowest BCUT2D eigenvalue weighted by atomic mass is 10.1. The molecule has 0 aliphatic carbocycles. The number of hydrogen-bond acceptors (Lipinski definition) is 3. The topological polar surface area (TPSA) is 51.8 Å². The first kappa shape index (κ1) is 15.2. The van der Waals surface area contributed by atoms with E-state index in [1.807, 2.05) is 24.3 Å². The Kier molecular flexibility index (Phi) is 5.35. The van der Waals surface area contributed by atoms with Gasteiger partial charge in [-0.2, -0.15) is 0 Å². The summed E-state index contributed by atoms with van der Waals surface area (Å²) in [7, 11) is 0. The van der Waals surface area contributed by atoms with Crippen LogP contribution in [0, 0.1) is 0 Å². The van der Waals surface area contributed by atoms with Crippen LogP contribution in [-0.2, 0) is 12.8 Å². The predicted molar refractivity (Wildman–Crippen MR) is 83.3 cm³/mol. The van der Waals surface area contributed by atoms with Crippen LogP contribution in [0.3, 0.4) is 0 Å². The number of benzene rings is 1. The average molecular weight is 310 g/mol. The Hall–Kier alpha value is -1.16. The predicted octanol–water partition coefficient (Wildman–Crippen LogP) is 3.65. The SMILES string of the molecule is CCC(N)Cc1ccnc(Cc2c(Cl)cccc2Cl)n1. The van der Waals surface area contributed by atoms with Gasteiger partial charge in [-0.1, -0.05) is 36.2 Å². The molecule has 0 amide bonds. The summed E-state index contributed by atoms with van der Waals surface area (Å²) in [5.41, 5.74) is 7.76. The lowest BCUT2D eigenvalue weighted by Gasteiger charge is -2.10. The van der Waals surface area contributed by atoms with Crippen molar-refractivity contribution in [3.05, 3.63) is 57.6 Å². The zero-order chi connectivity index (χ0) is 14.5. The standard InChI is InChI=1S/C15H17Cl2N3/c1-2-10(18)8-11-6-7-19-15(20-11)9-12-13(16)4-3-5-14(12)17/h3-7,10H,2,8-9,18H2,1H3. The lowest BCUT2D eigenvalue weighted by Crippen LogP contribution is -2.22. The number of nitrogens with zero attached hydrogens (tertiary/aromatic N) is 2. The van der Waals surface area contributed by atoms with Crippen molar-refractivity contribution < 1.29 is 0 Å². The van der Waals surface area contributed by atoms with E-state index in [0.717, 1.165) is 24.1 Å². The van der Waals surface area contributed by atoms with Gasteiger partial charge in [0.25, 0.3) is 0 Å². The number of rotatable bonds is 5. The molecular formula is C15H17Cl2N3. The highest BCUT2D eigenvalue weighted by molar-refractivity contribution is 6.36. The molecular weight excluding hydrogens is 293 g/mol. The molecule has 0 saturated carbocycles. The quantitative estimate of drug-likeness (QED) is 0.917. The van der Waals surface area contributed by atoms with Gasteiger partial charge in [0.2, 0.25) is 0 Å². The fourth-order valence-corrected chi connectivity index (χ4v) is 2.44. The maximum Gasteiger partial charge on any atom is 0.133 e. The minimum Gasteiger partial charge on any atom is -0.327 e. The Morgan fingerprint density at radius 2 is 1.90 bits per heavy atom. The molecule has 0 bridgehead atoms. The molecule has 2 N–H and O–H groups in total. The highest BCUT2D eigenvalue weighted by atomic mass is 35.5. The first-order valence-electron chi connectivity index (χ1n) is 6.59. The van der Waals surface area contributed by atoms with Gasteiger partial charge in [0.1, 0.15) is 5.82 Å². The summed E-state index contributed by atoms with van der Waals surface area (Å²) in [6.07, 6.45) is 3.95. The summed E-state index contributed by atoms with van der Waals surface area (Å²) in [6, 6.07) is 7.49. The normalized spacial score (nSPS) is 12.4. The summed E-state index contributed by atoms with van der Waals surface area (Å²) in [5.74, 6) is 0.709. The number of halogens is 2. The van der Waals surface area contributed by atoms with Gasteiger partial charge in [0.05, 0.1) is 0 Å². The van der Waals surface area contributed by atoms with Crippen LogP contribution < -0.4 is 5.73 Å². The molecule has 0 saturated heterocycles. The summed E-state index contributed by atoms with van der Waals surface area (Å²) in [6.45, 7) is 2.07. The zero-order valence-corrected chi connectivity index (χ0v) is 12.8. The maximum absolute atomic E-state index is 6.17. The molecule has 0 spiro atoms. The van der Waals surface area contributed by atoms with Crippen LogP contribution in [0.25, 0.3) is 0 Å². The van der Waals surface area contributed by atoms with Crippen molar-refractivity contribution >= 4 is 23.2 Å². The van der Waals surface area contributed by atoms with Crippen LogP contribution >= 0.6 is 23.2 Å². The fraction of sp³-hybridized carbons (Fsp3) is 0.333. The molecule has 0 radical (unpaired) electrons. The first-order chi connectivity index (χ1) is 9.60. The molecule has 106 valence electrons. The van der Waals surface area contributed by atoms with E-state index in [0.29, 0.717) is 22.3 Å². The van der Waals surface area contributed by atoms with E-state index in [2.05, 4.69) is 16.9 Å². The largest absolute Gasteiger partial charge is 0.327 e. The smallest absolute Gasteiger partial charge is 0.133 e. The Labute approximate surface area is 129 Å². The minimum atomic E-state index is 0.127. The van der Waals surface area contributed by atoms with Gasteiger partial charge >= 0.3 is 0 Å². The fourth-order valence-electron chi connectivity index (χ4n) is 1.91. The van der Waals surface area contributed by atoms with E-state index in [-0.39, 0.29) is 6.04 Å². The van der Waals surface area contributed by atoms with Crippen molar-refractivity contribution in [3.63, 3.8) is 0 Å². The van der Waals surface area contributed by atoms with Crippen LogP contribution in [-0.4, -0.2) is 16.0 Å². The third kappa shape index (κ3) is 3.92. The van der Waals surface area contributed by atoms with Crippen molar-refractivity contribution in [1.82, 2.24) is 9.97 Å². The Morgan fingerprint density at radius 3 is 2.55 bits per heavy atom. The van der Waals surface area contributed by atoms with Crippen LogP contribution in [0.1, 0.15) is 30.4 Å². The van der Waals surface area contributed by atoms with Crippen LogP contribution in [0.2, 0.25) is 10.0 Å². The average Bonchev–Trinajstić information content (AvgIpc) is 2.43. The monoisotopic (exact) mass is 309 g/mol. The van der Waals surface area contributed by atoms with Crippen LogP contribution in [0.5, 0.6) is 0 Å². The molecule has 5 heteroatoms. The van der Waals surface area contributed by atoms with Crippen molar-refractivity contribution in [2.75, 3.05) is 0 Å². The second kappa shape index (κ2) is 7.02. The van der Waals surface area contributed by atoms with Gasteiger partial charge in [-0.3, -0.25) is 0 Å². The van der Waals surface area contributed by atoms with Crippen molar-refractivity contribution in [2.24, 2.45) is 5.73 Å². The second-order valence-electron chi connectivity index (χ2n) is 4.71. The van der Waals surface area contributed by atoms with Crippen molar-refractivity contribution in [1.29, 1.82) is 0 Å². The third-order valence-electron chi connectivity index (χ3n) is 3.16. The Balaban J connectivity index is 2.20. The molecule has 1 aromatic carbocycles. The lowest BCUT2D eigenvalue weighted by molar-refractivity contribution is 0.633. The Bertz CT molecular complexity index is 567. The molecule has 1 unspecified atom stereocenters. The molecule has 1 aromatic heterocycles. The van der Waals surface area contributed by atoms with Gasteiger partial charge in [-0.15, -0.1) is 0 Å². The van der Waals surface area contributed by atoms with Gasteiger partial charge in [-0.25, -0.2) is 9.97 Å². The molecule has 3 nitrogen and oxygen atoms in total. The molecule has 1 heterocycles. The highest BCUT2D eigenvalue weighted by Crippen LogP contribution is 2.25. The molecule has 0 aliphatic rings. The van der Waals surface area contributed by atoms with Crippen molar-refractivity contribution in [2.45, 2.75) is 32.2 Å². The highest BCUT2D eigenvalue weighted by Gasteiger charge is 2.10.